The van der Waals surface area contributed by atoms with Gasteiger partial charge >= 0.3 is 13.5 Å². The molecule has 0 radical (unpaired) electrons. The van der Waals surface area contributed by atoms with Crippen molar-refractivity contribution in [1.29, 1.82) is 0 Å². The molecule has 0 saturated carbocycles. The van der Waals surface area contributed by atoms with Crippen LogP contribution in [0.15, 0.2) is 60.8 Å². The maximum Gasteiger partial charge on any atom is 0.349 e. The Labute approximate surface area is 217 Å². The van der Waals surface area contributed by atoms with Crippen LogP contribution in [0.1, 0.15) is 26.5 Å². The van der Waals surface area contributed by atoms with Crippen LogP contribution in [0.4, 0.5) is 5.82 Å². The van der Waals surface area contributed by atoms with Gasteiger partial charge in [-0.25, -0.2) is 19.3 Å². The van der Waals surface area contributed by atoms with Gasteiger partial charge in [0.2, 0.25) is 0 Å². The highest BCUT2D eigenvalue weighted by atomic mass is 32.1. The molecule has 11 heteroatoms. The molecule has 3 heterocycles. The maximum absolute atomic E-state index is 13.7. The Balaban J connectivity index is 1.47. The summed E-state index contributed by atoms with van der Waals surface area (Å²) in [7, 11) is -2.30. The molecule has 0 amide bonds. The van der Waals surface area contributed by atoms with Gasteiger partial charge in [0.1, 0.15) is 5.01 Å². The first-order valence-electron chi connectivity index (χ1n) is 11.4. The summed E-state index contributed by atoms with van der Waals surface area (Å²) >= 11 is 1.00. The summed E-state index contributed by atoms with van der Waals surface area (Å²) in [6, 6.07) is 16.8. The van der Waals surface area contributed by atoms with Crippen LogP contribution in [-0.4, -0.2) is 37.8 Å². The number of thiazole rings is 1. The van der Waals surface area contributed by atoms with Gasteiger partial charge in [0, 0.05) is 36.2 Å². The van der Waals surface area contributed by atoms with Crippen LogP contribution in [-0.2, 0) is 9.09 Å². The van der Waals surface area contributed by atoms with Crippen LogP contribution < -0.4 is 10.4 Å². The standard InChI is InChI=1S/C26H24N5O4PS/c1-15-5-10-21(16(2)13-15)36(34,35-4)30-24-23(26(32)33)37-25(28-24)19-8-6-18(7-9-19)20-14-22-27-17(3)11-12-31(22)29-20/h5-14H,1-4H3,(H,30,34)(H,32,33). The van der Waals surface area contributed by atoms with Crippen LogP contribution >= 0.6 is 18.9 Å². The largest absolute Gasteiger partial charge is 0.477 e. The summed E-state index contributed by atoms with van der Waals surface area (Å²) in [5.41, 5.74) is 5.84. The number of hydrogen-bond donors (Lipinski definition) is 2. The molecular formula is C26H24N5O4PS. The number of anilines is 1. The van der Waals surface area contributed by atoms with Crippen molar-refractivity contribution in [3.63, 3.8) is 0 Å². The van der Waals surface area contributed by atoms with E-state index in [9.17, 15) is 14.5 Å². The molecule has 37 heavy (non-hydrogen) atoms. The van der Waals surface area contributed by atoms with E-state index in [1.54, 1.807) is 10.6 Å². The van der Waals surface area contributed by atoms with E-state index in [2.05, 4.69) is 20.2 Å². The van der Waals surface area contributed by atoms with E-state index in [4.69, 9.17) is 4.52 Å². The second-order valence-electron chi connectivity index (χ2n) is 8.62. The summed E-state index contributed by atoms with van der Waals surface area (Å²) in [5.74, 6) is -1.16. The van der Waals surface area contributed by atoms with Gasteiger partial charge in [-0.15, -0.1) is 11.3 Å². The number of benzene rings is 2. The average molecular weight is 534 g/mol. The Morgan fingerprint density at radius 1 is 1.03 bits per heavy atom. The molecule has 0 saturated heterocycles. The number of carboxylic acid groups (broad SMARTS) is 1. The summed E-state index contributed by atoms with van der Waals surface area (Å²) in [6.45, 7) is 5.70. The highest BCUT2D eigenvalue weighted by Gasteiger charge is 2.31. The minimum absolute atomic E-state index is 0.00327. The molecule has 0 aliphatic carbocycles. The molecule has 188 valence electrons. The Hall–Kier alpha value is -3.85. The van der Waals surface area contributed by atoms with Crippen molar-refractivity contribution < 1.29 is 19.0 Å². The van der Waals surface area contributed by atoms with Crippen molar-refractivity contribution in [3.05, 3.63) is 82.5 Å². The lowest BCUT2D eigenvalue weighted by atomic mass is 10.1. The van der Waals surface area contributed by atoms with Crippen molar-refractivity contribution in [2.75, 3.05) is 12.2 Å². The van der Waals surface area contributed by atoms with E-state index in [1.807, 2.05) is 75.5 Å². The lowest BCUT2D eigenvalue weighted by Crippen LogP contribution is -2.17. The number of nitrogens with zero attached hydrogens (tertiary/aromatic N) is 4. The molecule has 5 aromatic rings. The monoisotopic (exact) mass is 533 g/mol. The topological polar surface area (TPSA) is 119 Å². The lowest BCUT2D eigenvalue weighted by molar-refractivity contribution is 0.0703. The first kappa shape index (κ1) is 24.8. The van der Waals surface area contributed by atoms with Gasteiger partial charge in [-0.2, -0.15) is 5.10 Å². The number of hydrogen-bond acceptors (Lipinski definition) is 7. The summed E-state index contributed by atoms with van der Waals surface area (Å²) in [6.07, 6.45) is 1.86. The number of carboxylic acids is 1. The molecule has 0 fully saturated rings. The SMILES string of the molecule is COP(=O)(Nc1nc(-c2ccc(-c3cc4nc(C)ccn4n3)cc2)sc1C(=O)O)c1ccc(C)cc1C. The van der Waals surface area contributed by atoms with E-state index >= 15 is 0 Å². The van der Waals surface area contributed by atoms with E-state index in [-0.39, 0.29) is 10.7 Å². The molecule has 0 aliphatic heterocycles. The fraction of sp³-hybridized carbons (Fsp3) is 0.154. The van der Waals surface area contributed by atoms with Gasteiger partial charge in [0.25, 0.3) is 0 Å². The van der Waals surface area contributed by atoms with Gasteiger partial charge < -0.3 is 9.63 Å². The van der Waals surface area contributed by atoms with E-state index in [0.29, 0.717) is 10.3 Å². The zero-order valence-corrected chi connectivity index (χ0v) is 22.3. The summed E-state index contributed by atoms with van der Waals surface area (Å²) in [4.78, 5) is 20.9. The predicted octanol–water partition coefficient (Wildman–Crippen LogP) is 5.72. The maximum atomic E-state index is 13.7. The van der Waals surface area contributed by atoms with Crippen molar-refractivity contribution in [2.24, 2.45) is 0 Å². The molecule has 0 spiro atoms. The van der Waals surface area contributed by atoms with Gasteiger partial charge in [0.05, 0.1) is 11.0 Å². The minimum Gasteiger partial charge on any atom is -0.477 e. The number of aromatic nitrogens is 4. The summed E-state index contributed by atoms with van der Waals surface area (Å²) < 4.78 is 20.8. The van der Waals surface area contributed by atoms with E-state index < -0.39 is 13.5 Å². The number of rotatable bonds is 7. The van der Waals surface area contributed by atoms with Crippen LogP contribution in [0.5, 0.6) is 0 Å². The minimum atomic E-state index is -3.63. The van der Waals surface area contributed by atoms with Gasteiger partial charge in [-0.3, -0.25) is 9.65 Å². The highest BCUT2D eigenvalue weighted by molar-refractivity contribution is 7.68. The Bertz CT molecular complexity index is 1690. The fourth-order valence-electron chi connectivity index (χ4n) is 4.04. The quantitative estimate of drug-likeness (QED) is 0.255. The zero-order chi connectivity index (χ0) is 26.3. The second-order valence-corrected chi connectivity index (χ2v) is 11.8. The van der Waals surface area contributed by atoms with Gasteiger partial charge in [0.15, 0.2) is 16.3 Å². The molecule has 1 unspecified atom stereocenters. The second kappa shape index (κ2) is 9.55. The molecule has 0 bridgehead atoms. The number of aryl methyl sites for hydroxylation is 3. The van der Waals surface area contributed by atoms with Crippen LogP contribution in [0.25, 0.3) is 27.5 Å². The Morgan fingerprint density at radius 3 is 2.43 bits per heavy atom. The molecule has 1 atom stereocenters. The molecule has 5 rings (SSSR count). The molecule has 2 N–H and O–H groups in total. The van der Waals surface area contributed by atoms with Crippen molar-refractivity contribution in [2.45, 2.75) is 20.8 Å². The third-order valence-electron chi connectivity index (χ3n) is 5.89. The van der Waals surface area contributed by atoms with Crippen LogP contribution in [0.2, 0.25) is 0 Å². The highest BCUT2D eigenvalue weighted by Crippen LogP contribution is 2.47. The smallest absolute Gasteiger partial charge is 0.349 e. The molecule has 0 aliphatic rings. The number of nitrogens with one attached hydrogen (secondary N) is 1. The zero-order valence-electron chi connectivity index (χ0n) is 20.6. The van der Waals surface area contributed by atoms with Crippen LogP contribution in [0.3, 0.4) is 0 Å². The van der Waals surface area contributed by atoms with Crippen molar-refractivity contribution in [1.82, 2.24) is 19.6 Å². The molecule has 2 aromatic carbocycles. The first-order chi connectivity index (χ1) is 17.7. The normalized spacial score (nSPS) is 13.0. The third-order valence-corrected chi connectivity index (χ3v) is 9.14. The third kappa shape index (κ3) is 4.79. The number of aromatic carboxylic acids is 1. The molecular weight excluding hydrogens is 509 g/mol. The van der Waals surface area contributed by atoms with E-state index in [1.165, 1.54) is 7.11 Å². The Kier molecular flexibility index (Phi) is 6.41. The number of fused-ring (bicyclic) bond motifs is 1. The van der Waals surface area contributed by atoms with Gasteiger partial charge in [-0.1, -0.05) is 42.0 Å². The van der Waals surface area contributed by atoms with E-state index in [0.717, 1.165) is 50.6 Å². The van der Waals surface area contributed by atoms with Crippen LogP contribution in [0, 0.1) is 20.8 Å². The average Bonchev–Trinajstić information content (AvgIpc) is 3.48. The lowest BCUT2D eigenvalue weighted by Gasteiger charge is -2.20. The molecule has 9 nitrogen and oxygen atoms in total. The molecule has 3 aromatic heterocycles. The first-order valence-corrected chi connectivity index (χ1v) is 13.8. The van der Waals surface area contributed by atoms with Crippen molar-refractivity contribution >= 4 is 41.6 Å². The summed E-state index contributed by atoms with van der Waals surface area (Å²) in [5, 5.41) is 18.1. The van der Waals surface area contributed by atoms with Gasteiger partial charge in [-0.05, 0) is 38.5 Å². The predicted molar refractivity (Wildman–Crippen MR) is 145 cm³/mol. The van der Waals surface area contributed by atoms with Crippen molar-refractivity contribution in [3.8, 4) is 21.8 Å². The fourth-order valence-corrected chi connectivity index (χ4v) is 6.63. The number of carbonyl (C=O) groups is 1. The Morgan fingerprint density at radius 2 is 1.76 bits per heavy atom.